The Morgan fingerprint density at radius 1 is 1.46 bits per heavy atom. The van der Waals surface area contributed by atoms with E-state index in [0.29, 0.717) is 17.9 Å². The van der Waals surface area contributed by atoms with Crippen molar-refractivity contribution in [3.8, 4) is 0 Å². The number of carbonyl (C=O) groups excluding carboxylic acids is 1. The topological polar surface area (TPSA) is 54.5 Å². The lowest BCUT2D eigenvalue weighted by Gasteiger charge is -1.86. The molecular formula is C8H5ClN2O2. The Bertz CT molecular complexity index is 398. The number of diazo groups is 1. The van der Waals surface area contributed by atoms with Gasteiger partial charge in [0.15, 0.2) is 4.98 Å². The fourth-order valence-corrected chi connectivity index (χ4v) is 1.16. The number of esters is 1. The first-order valence-electron chi connectivity index (χ1n) is 3.46. The molecule has 0 radical (unpaired) electrons. The van der Waals surface area contributed by atoms with Crippen molar-refractivity contribution in [1.82, 2.24) is 0 Å². The molecule has 0 aliphatic carbocycles. The SMILES string of the molecule is N#[N+]c1ccc2c(c1)C(=O)OC2.[Cl-]. The minimum absolute atomic E-state index is 0. The van der Waals surface area contributed by atoms with E-state index in [1.807, 2.05) is 0 Å². The Morgan fingerprint density at radius 3 is 2.92 bits per heavy atom. The Labute approximate surface area is 80.5 Å². The second-order valence-corrected chi connectivity index (χ2v) is 2.52. The van der Waals surface area contributed by atoms with E-state index in [1.54, 1.807) is 12.1 Å². The van der Waals surface area contributed by atoms with E-state index in [4.69, 9.17) is 10.1 Å². The van der Waals surface area contributed by atoms with Gasteiger partial charge in [0.1, 0.15) is 6.61 Å². The van der Waals surface area contributed by atoms with Gasteiger partial charge in [0.25, 0.3) is 0 Å². The molecule has 1 aromatic rings. The maximum Gasteiger partial charge on any atom is 0.385 e. The molecular weight excluding hydrogens is 192 g/mol. The maximum absolute atomic E-state index is 11.0. The van der Waals surface area contributed by atoms with Crippen LogP contribution in [0, 0.1) is 5.39 Å². The maximum atomic E-state index is 11.0. The molecule has 0 atom stereocenters. The summed E-state index contributed by atoms with van der Waals surface area (Å²) in [6, 6.07) is 4.85. The van der Waals surface area contributed by atoms with E-state index in [9.17, 15) is 4.79 Å². The van der Waals surface area contributed by atoms with Crippen molar-refractivity contribution in [3.63, 3.8) is 0 Å². The molecule has 0 saturated heterocycles. The van der Waals surface area contributed by atoms with Crippen molar-refractivity contribution < 1.29 is 21.9 Å². The molecule has 1 aliphatic rings. The Hall–Kier alpha value is -1.60. The third kappa shape index (κ3) is 1.46. The predicted octanol–water partition coefficient (Wildman–Crippen LogP) is -1.15. The van der Waals surface area contributed by atoms with Gasteiger partial charge < -0.3 is 17.1 Å². The Balaban J connectivity index is 0.000000845. The van der Waals surface area contributed by atoms with E-state index in [1.165, 1.54) is 6.07 Å². The van der Waals surface area contributed by atoms with Gasteiger partial charge >= 0.3 is 11.7 Å². The first-order chi connectivity index (χ1) is 5.81. The molecule has 0 unspecified atom stereocenters. The second kappa shape index (κ2) is 3.42. The van der Waals surface area contributed by atoms with Crippen LogP contribution in [-0.2, 0) is 11.3 Å². The zero-order valence-corrected chi connectivity index (χ0v) is 7.28. The van der Waals surface area contributed by atoms with E-state index < -0.39 is 0 Å². The molecule has 2 rings (SSSR count). The predicted molar refractivity (Wildman–Crippen MR) is 40.3 cm³/mol. The number of halogens is 1. The molecule has 0 N–H and O–H groups in total. The lowest BCUT2D eigenvalue weighted by atomic mass is 10.1. The van der Waals surface area contributed by atoms with Gasteiger partial charge in [-0.25, -0.2) is 4.79 Å². The highest BCUT2D eigenvalue weighted by molar-refractivity contribution is 5.94. The lowest BCUT2D eigenvalue weighted by Crippen LogP contribution is -3.00. The molecule has 1 heterocycles. The summed E-state index contributed by atoms with van der Waals surface area (Å²) in [6.45, 7) is 0.319. The van der Waals surface area contributed by atoms with Gasteiger partial charge in [-0.05, 0) is 6.07 Å². The summed E-state index contributed by atoms with van der Waals surface area (Å²) in [7, 11) is 0. The monoisotopic (exact) mass is 196 g/mol. The van der Waals surface area contributed by atoms with E-state index in [2.05, 4.69) is 4.98 Å². The number of nitrogens with zero attached hydrogens (tertiary/aromatic N) is 2. The third-order valence-corrected chi connectivity index (χ3v) is 1.79. The molecule has 0 aromatic heterocycles. The summed E-state index contributed by atoms with van der Waals surface area (Å²) in [6.07, 6.45) is 0. The minimum atomic E-state index is -0.351. The van der Waals surface area contributed by atoms with Gasteiger partial charge in [0.2, 0.25) is 5.39 Å². The third-order valence-electron chi connectivity index (χ3n) is 1.79. The van der Waals surface area contributed by atoms with Crippen molar-refractivity contribution in [3.05, 3.63) is 34.3 Å². The molecule has 0 saturated carbocycles. The summed E-state index contributed by atoms with van der Waals surface area (Å²) in [5, 5.41) is 8.43. The van der Waals surface area contributed by atoms with E-state index in [-0.39, 0.29) is 18.4 Å². The average Bonchev–Trinajstić information content (AvgIpc) is 2.47. The highest BCUT2D eigenvalue weighted by Gasteiger charge is 2.23. The molecule has 4 nitrogen and oxygen atoms in total. The lowest BCUT2D eigenvalue weighted by molar-refractivity contribution is -0.0000192. The molecule has 0 spiro atoms. The van der Waals surface area contributed by atoms with Crippen molar-refractivity contribution in [2.45, 2.75) is 6.61 Å². The number of carbonyl (C=O) groups is 1. The minimum Gasteiger partial charge on any atom is -1.00 e. The average molecular weight is 197 g/mol. The van der Waals surface area contributed by atoms with Crippen LogP contribution < -0.4 is 12.4 Å². The highest BCUT2D eigenvalue weighted by atomic mass is 35.5. The molecule has 0 amide bonds. The smallest absolute Gasteiger partial charge is 0.385 e. The molecule has 0 bridgehead atoms. The largest absolute Gasteiger partial charge is 1.00 e. The van der Waals surface area contributed by atoms with Gasteiger partial charge in [0.05, 0.1) is 5.56 Å². The molecule has 5 heteroatoms. The van der Waals surface area contributed by atoms with Crippen molar-refractivity contribution in [2.24, 2.45) is 0 Å². The standard InChI is InChI=1S/C8H5N2O2.ClH/c9-10-6-2-1-5-4-12-8(11)7(5)3-6;/h1-3H,4H2;1H/q+1;/p-1. The second-order valence-electron chi connectivity index (χ2n) is 2.52. The van der Waals surface area contributed by atoms with Crippen LogP contribution in [-0.4, -0.2) is 5.97 Å². The molecule has 13 heavy (non-hydrogen) atoms. The normalized spacial score (nSPS) is 12.4. The van der Waals surface area contributed by atoms with Crippen LogP contribution in [0.3, 0.4) is 0 Å². The van der Waals surface area contributed by atoms with Gasteiger partial charge in [0, 0.05) is 17.7 Å². The fraction of sp³-hybridized carbons (Fsp3) is 0.125. The zero-order chi connectivity index (χ0) is 8.55. The van der Waals surface area contributed by atoms with Crippen molar-refractivity contribution in [1.29, 1.82) is 5.39 Å². The first kappa shape index (κ1) is 9.49. The van der Waals surface area contributed by atoms with E-state index in [0.717, 1.165) is 5.56 Å². The van der Waals surface area contributed by atoms with Crippen molar-refractivity contribution in [2.75, 3.05) is 0 Å². The van der Waals surface area contributed by atoms with Crippen LogP contribution in [0.15, 0.2) is 18.2 Å². The van der Waals surface area contributed by atoms with E-state index >= 15 is 0 Å². The van der Waals surface area contributed by atoms with Gasteiger partial charge in [-0.3, -0.25) is 0 Å². The number of cyclic esters (lactones) is 1. The number of benzene rings is 1. The molecule has 66 valence electrons. The molecule has 0 fully saturated rings. The van der Waals surface area contributed by atoms with Gasteiger partial charge in [-0.1, -0.05) is 0 Å². The number of fused-ring (bicyclic) bond motifs is 1. The summed E-state index contributed by atoms with van der Waals surface area (Å²) in [5.41, 5.74) is 1.70. The number of hydrogen-bond acceptors (Lipinski definition) is 3. The summed E-state index contributed by atoms with van der Waals surface area (Å²) < 4.78 is 4.76. The van der Waals surface area contributed by atoms with Gasteiger partial charge in [-0.2, -0.15) is 0 Å². The quantitative estimate of drug-likeness (QED) is 0.389. The Morgan fingerprint density at radius 2 is 2.23 bits per heavy atom. The van der Waals surface area contributed by atoms with Crippen LogP contribution in [0.4, 0.5) is 5.69 Å². The Kier molecular flexibility index (Phi) is 2.49. The summed E-state index contributed by atoms with van der Waals surface area (Å²) in [5.74, 6) is -0.351. The van der Waals surface area contributed by atoms with Gasteiger partial charge in [-0.15, -0.1) is 0 Å². The van der Waals surface area contributed by atoms with Crippen LogP contribution in [0.5, 0.6) is 0 Å². The number of hydrogen-bond donors (Lipinski definition) is 0. The number of rotatable bonds is 0. The first-order valence-corrected chi connectivity index (χ1v) is 3.46. The van der Waals surface area contributed by atoms with Crippen LogP contribution in [0.2, 0.25) is 0 Å². The van der Waals surface area contributed by atoms with Crippen molar-refractivity contribution >= 4 is 11.7 Å². The fourth-order valence-electron chi connectivity index (χ4n) is 1.16. The van der Waals surface area contributed by atoms with Crippen LogP contribution in [0.1, 0.15) is 15.9 Å². The summed E-state index contributed by atoms with van der Waals surface area (Å²) in [4.78, 5) is 14.0. The molecule has 1 aliphatic heterocycles. The highest BCUT2D eigenvalue weighted by Crippen LogP contribution is 2.24. The zero-order valence-electron chi connectivity index (χ0n) is 6.53. The van der Waals surface area contributed by atoms with Crippen LogP contribution >= 0.6 is 0 Å². The number of ether oxygens (including phenoxy) is 1. The molecule has 1 aromatic carbocycles. The summed E-state index contributed by atoms with van der Waals surface area (Å²) >= 11 is 0. The van der Waals surface area contributed by atoms with Crippen LogP contribution in [0.25, 0.3) is 4.98 Å².